The van der Waals surface area contributed by atoms with Gasteiger partial charge in [-0.15, -0.1) is 0 Å². The number of para-hydroxylation sites is 1. The molecular weight excluding hydrogens is 410 g/mol. The number of anilines is 1. The second-order valence-electron chi connectivity index (χ2n) is 4.79. The fraction of sp³-hybridized carbons (Fsp3) is 0.125. The van der Waals surface area contributed by atoms with Crippen LogP contribution >= 0.6 is 15.9 Å². The molecule has 4 nitrogen and oxygen atoms in total. The Morgan fingerprint density at radius 1 is 1.12 bits per heavy atom. The lowest BCUT2D eigenvalue weighted by molar-refractivity contribution is -0.137. The number of rotatable bonds is 4. The Balaban J connectivity index is 2.02. The number of ether oxygens (including phenoxy) is 1. The number of esters is 1. The molecule has 25 heavy (non-hydrogen) atoms. The molecule has 0 fully saturated rings. The quantitative estimate of drug-likeness (QED) is 0.590. The lowest BCUT2D eigenvalue weighted by Crippen LogP contribution is -2.23. The van der Waals surface area contributed by atoms with Crippen LogP contribution in [0.4, 0.5) is 23.2 Å². The molecule has 1 amide bonds. The average molecular weight is 420 g/mol. The molecule has 2 aromatic carbocycles. The first kappa shape index (κ1) is 18.9. The van der Waals surface area contributed by atoms with Crippen molar-refractivity contribution in [1.82, 2.24) is 0 Å². The van der Waals surface area contributed by atoms with Gasteiger partial charge >= 0.3 is 12.1 Å². The maximum absolute atomic E-state index is 13.1. The monoisotopic (exact) mass is 419 g/mol. The molecule has 9 heteroatoms. The third-order valence-electron chi connectivity index (χ3n) is 2.99. The van der Waals surface area contributed by atoms with Gasteiger partial charge in [-0.05, 0) is 46.3 Å². The van der Waals surface area contributed by atoms with Gasteiger partial charge in [0, 0.05) is 4.47 Å². The molecule has 0 radical (unpaired) electrons. The van der Waals surface area contributed by atoms with Crippen LogP contribution in [0.2, 0.25) is 0 Å². The number of nitrogens with one attached hydrogen (secondary N) is 1. The van der Waals surface area contributed by atoms with Gasteiger partial charge in [-0.3, -0.25) is 4.79 Å². The van der Waals surface area contributed by atoms with E-state index in [-0.39, 0.29) is 10.0 Å². The Morgan fingerprint density at radius 3 is 2.48 bits per heavy atom. The van der Waals surface area contributed by atoms with Crippen molar-refractivity contribution in [2.45, 2.75) is 6.18 Å². The van der Waals surface area contributed by atoms with Crippen LogP contribution in [0.1, 0.15) is 15.9 Å². The van der Waals surface area contributed by atoms with E-state index < -0.39 is 41.7 Å². The minimum absolute atomic E-state index is 0.150. The van der Waals surface area contributed by atoms with Gasteiger partial charge in [0.05, 0.1) is 16.8 Å². The fourth-order valence-electron chi connectivity index (χ4n) is 1.89. The second kappa shape index (κ2) is 7.64. The summed E-state index contributed by atoms with van der Waals surface area (Å²) in [4.78, 5) is 23.6. The van der Waals surface area contributed by atoms with Gasteiger partial charge in [-0.2, -0.15) is 13.2 Å². The summed E-state index contributed by atoms with van der Waals surface area (Å²) in [6.45, 7) is -0.825. The van der Waals surface area contributed by atoms with Crippen LogP contribution in [-0.2, 0) is 15.7 Å². The molecule has 132 valence electrons. The highest BCUT2D eigenvalue weighted by Gasteiger charge is 2.33. The number of hydrogen-bond acceptors (Lipinski definition) is 3. The van der Waals surface area contributed by atoms with Crippen molar-refractivity contribution in [3.63, 3.8) is 0 Å². The van der Waals surface area contributed by atoms with Gasteiger partial charge in [0.1, 0.15) is 5.82 Å². The lowest BCUT2D eigenvalue weighted by Gasteiger charge is -2.13. The number of carbonyl (C=O) groups excluding carboxylic acids is 2. The maximum Gasteiger partial charge on any atom is 0.418 e. The zero-order valence-corrected chi connectivity index (χ0v) is 13.9. The normalized spacial score (nSPS) is 11.1. The van der Waals surface area contributed by atoms with Gasteiger partial charge in [-0.1, -0.05) is 12.1 Å². The SMILES string of the molecule is O=C(COC(=O)c1cc(F)ccc1Br)Nc1ccccc1C(F)(F)F. The number of hydrogen-bond donors (Lipinski definition) is 1. The van der Waals surface area contributed by atoms with Gasteiger partial charge < -0.3 is 10.1 Å². The van der Waals surface area contributed by atoms with Crippen molar-refractivity contribution in [3.8, 4) is 0 Å². The summed E-state index contributed by atoms with van der Waals surface area (Å²) in [5, 5.41) is 2.03. The molecule has 0 unspecified atom stereocenters. The Morgan fingerprint density at radius 2 is 1.80 bits per heavy atom. The highest BCUT2D eigenvalue weighted by molar-refractivity contribution is 9.10. The van der Waals surface area contributed by atoms with Crippen molar-refractivity contribution in [2.75, 3.05) is 11.9 Å². The van der Waals surface area contributed by atoms with Crippen LogP contribution in [-0.4, -0.2) is 18.5 Å². The smallest absolute Gasteiger partial charge is 0.418 e. The molecule has 0 aliphatic heterocycles. The van der Waals surface area contributed by atoms with E-state index >= 15 is 0 Å². The average Bonchev–Trinajstić information content (AvgIpc) is 2.54. The van der Waals surface area contributed by atoms with Crippen molar-refractivity contribution in [3.05, 3.63) is 63.9 Å². The highest BCUT2D eigenvalue weighted by atomic mass is 79.9. The van der Waals surface area contributed by atoms with E-state index in [9.17, 15) is 27.2 Å². The van der Waals surface area contributed by atoms with Gasteiger partial charge in [0.2, 0.25) is 0 Å². The van der Waals surface area contributed by atoms with Crippen molar-refractivity contribution < 1.29 is 31.9 Å². The van der Waals surface area contributed by atoms with Crippen LogP contribution in [0.3, 0.4) is 0 Å². The molecule has 0 aromatic heterocycles. The molecule has 1 N–H and O–H groups in total. The van der Waals surface area contributed by atoms with Crippen molar-refractivity contribution >= 4 is 33.5 Å². The fourth-order valence-corrected chi connectivity index (χ4v) is 2.30. The maximum atomic E-state index is 13.1. The van der Waals surface area contributed by atoms with Gasteiger partial charge in [0.25, 0.3) is 5.91 Å². The third-order valence-corrected chi connectivity index (χ3v) is 3.68. The Labute approximate surface area is 147 Å². The molecule has 2 rings (SSSR count). The van der Waals surface area contributed by atoms with Gasteiger partial charge in [0.15, 0.2) is 6.61 Å². The number of amides is 1. The largest absolute Gasteiger partial charge is 0.452 e. The standard InChI is InChI=1S/C16H10BrF4NO3/c17-12-6-5-9(18)7-10(12)15(24)25-8-14(23)22-13-4-2-1-3-11(13)16(19,20)21/h1-7H,8H2,(H,22,23). The summed E-state index contributed by atoms with van der Waals surface area (Å²) in [5.74, 6) is -2.64. The number of benzene rings is 2. The van der Waals surface area contributed by atoms with E-state index in [1.807, 2.05) is 5.32 Å². The predicted molar refractivity (Wildman–Crippen MR) is 84.5 cm³/mol. The molecule has 0 aliphatic carbocycles. The van der Waals surface area contributed by atoms with Crippen LogP contribution < -0.4 is 5.32 Å². The molecule has 0 spiro atoms. The molecule has 0 aliphatic rings. The molecule has 0 bridgehead atoms. The minimum atomic E-state index is -4.65. The van der Waals surface area contributed by atoms with E-state index in [4.69, 9.17) is 4.74 Å². The molecule has 0 saturated heterocycles. The molecular formula is C16H10BrF4NO3. The summed E-state index contributed by atoms with van der Waals surface area (Å²) in [6, 6.07) is 7.69. The summed E-state index contributed by atoms with van der Waals surface area (Å²) < 4.78 is 56.6. The van der Waals surface area contributed by atoms with Crippen LogP contribution in [0, 0.1) is 5.82 Å². The third kappa shape index (κ3) is 5.02. The second-order valence-corrected chi connectivity index (χ2v) is 5.65. The van der Waals surface area contributed by atoms with Crippen LogP contribution in [0.5, 0.6) is 0 Å². The summed E-state index contributed by atoms with van der Waals surface area (Å²) in [7, 11) is 0. The molecule has 0 atom stereocenters. The van der Waals surface area contributed by atoms with E-state index in [1.54, 1.807) is 0 Å². The van der Waals surface area contributed by atoms with Crippen LogP contribution in [0.15, 0.2) is 46.9 Å². The zero-order chi connectivity index (χ0) is 18.6. The zero-order valence-electron chi connectivity index (χ0n) is 12.4. The number of halogens is 5. The summed E-state index contributed by atoms with van der Waals surface area (Å²) >= 11 is 3.03. The Hall–Kier alpha value is -2.42. The van der Waals surface area contributed by atoms with Crippen molar-refractivity contribution in [2.24, 2.45) is 0 Å². The molecule has 0 saturated carbocycles. The topological polar surface area (TPSA) is 55.4 Å². The van der Waals surface area contributed by atoms with E-state index in [2.05, 4.69) is 15.9 Å². The van der Waals surface area contributed by atoms with Gasteiger partial charge in [-0.25, -0.2) is 9.18 Å². The first-order valence-corrected chi connectivity index (χ1v) is 7.56. The summed E-state index contributed by atoms with van der Waals surface area (Å²) in [6.07, 6.45) is -4.65. The van der Waals surface area contributed by atoms with Crippen molar-refractivity contribution in [1.29, 1.82) is 0 Å². The van der Waals surface area contributed by atoms with E-state index in [0.717, 1.165) is 24.3 Å². The van der Waals surface area contributed by atoms with Crippen LogP contribution in [0.25, 0.3) is 0 Å². The van der Waals surface area contributed by atoms with E-state index in [0.29, 0.717) is 0 Å². The predicted octanol–water partition coefficient (Wildman–Crippen LogP) is 4.40. The number of carbonyl (C=O) groups is 2. The highest BCUT2D eigenvalue weighted by Crippen LogP contribution is 2.34. The first-order chi connectivity index (χ1) is 11.7. The van der Waals surface area contributed by atoms with E-state index in [1.165, 1.54) is 18.2 Å². The number of alkyl halides is 3. The lowest BCUT2D eigenvalue weighted by atomic mass is 10.1. The minimum Gasteiger partial charge on any atom is -0.452 e. The molecule has 0 heterocycles. The summed E-state index contributed by atoms with van der Waals surface area (Å²) in [5.41, 5.74) is -1.63. The first-order valence-electron chi connectivity index (χ1n) is 6.76. The Kier molecular flexibility index (Phi) is 5.78. The molecule has 2 aromatic rings. The Bertz CT molecular complexity index is 808.